The van der Waals surface area contributed by atoms with E-state index < -0.39 is 5.41 Å². The lowest BCUT2D eigenvalue weighted by atomic mass is 9.84. The van der Waals surface area contributed by atoms with Gasteiger partial charge in [0.15, 0.2) is 5.82 Å². The van der Waals surface area contributed by atoms with Gasteiger partial charge in [0, 0.05) is 0 Å². The van der Waals surface area contributed by atoms with Gasteiger partial charge in [0.2, 0.25) is 5.89 Å². The predicted molar refractivity (Wildman–Crippen MR) is 79.5 cm³/mol. The van der Waals surface area contributed by atoms with Crippen LogP contribution in [0.25, 0.3) is 0 Å². The van der Waals surface area contributed by atoms with Crippen molar-refractivity contribution in [1.82, 2.24) is 15.5 Å². The van der Waals surface area contributed by atoms with E-state index in [1.807, 2.05) is 20.8 Å². The number of halogens is 1. The molecule has 1 aromatic carbocycles. The number of aromatic nitrogens is 2. The molecule has 0 aliphatic heterocycles. The van der Waals surface area contributed by atoms with Crippen LogP contribution in [0.3, 0.4) is 0 Å². The number of benzene rings is 1. The molecule has 0 spiro atoms. The molecular weight excluding hydrogens is 269 g/mol. The molecule has 0 amide bonds. The quantitative estimate of drug-likeness (QED) is 0.883. The molecule has 0 aliphatic rings. The fourth-order valence-corrected chi connectivity index (χ4v) is 2.11. The summed E-state index contributed by atoms with van der Waals surface area (Å²) in [5.74, 6) is 0.934. The van der Waals surface area contributed by atoms with Crippen LogP contribution < -0.4 is 5.32 Å². The molecule has 114 valence electrons. The highest BCUT2D eigenvalue weighted by molar-refractivity contribution is 5.30. The Morgan fingerprint density at radius 3 is 2.57 bits per heavy atom. The van der Waals surface area contributed by atoms with E-state index in [0.717, 1.165) is 18.5 Å². The summed E-state index contributed by atoms with van der Waals surface area (Å²) < 4.78 is 18.4. The van der Waals surface area contributed by atoms with Gasteiger partial charge < -0.3 is 9.84 Å². The fraction of sp³-hybridized carbons (Fsp3) is 0.500. The number of nitrogens with zero attached hydrogens (tertiary/aromatic N) is 2. The summed E-state index contributed by atoms with van der Waals surface area (Å²) in [4.78, 5) is 4.50. The lowest BCUT2D eigenvalue weighted by molar-refractivity contribution is 0.333. The van der Waals surface area contributed by atoms with Crippen LogP contribution in [0.5, 0.6) is 0 Å². The summed E-state index contributed by atoms with van der Waals surface area (Å²) in [7, 11) is 0. The molecule has 0 radical (unpaired) electrons. The third-order valence-corrected chi connectivity index (χ3v) is 3.64. The molecule has 0 fully saturated rings. The van der Waals surface area contributed by atoms with E-state index in [9.17, 15) is 4.39 Å². The predicted octanol–water partition coefficient (Wildman–Crippen LogP) is 3.60. The number of rotatable bonds is 6. The Kier molecular flexibility index (Phi) is 4.73. The van der Waals surface area contributed by atoms with Gasteiger partial charge in [0.25, 0.3) is 0 Å². The van der Waals surface area contributed by atoms with Crippen molar-refractivity contribution in [3.8, 4) is 0 Å². The van der Waals surface area contributed by atoms with Crippen molar-refractivity contribution < 1.29 is 8.91 Å². The molecule has 1 N–H and O–H groups in total. The molecular formula is C16H22FN3O. The van der Waals surface area contributed by atoms with Crippen LogP contribution in [-0.4, -0.2) is 16.7 Å². The highest BCUT2D eigenvalue weighted by Gasteiger charge is 2.29. The largest absolute Gasteiger partial charge is 0.338 e. The minimum Gasteiger partial charge on any atom is -0.338 e. The maximum atomic E-state index is 13.0. The first-order valence-corrected chi connectivity index (χ1v) is 7.28. The Balaban J connectivity index is 2.21. The fourth-order valence-electron chi connectivity index (χ4n) is 2.11. The number of nitrogens with one attached hydrogen (secondary N) is 1. The van der Waals surface area contributed by atoms with Crippen molar-refractivity contribution in [3.63, 3.8) is 0 Å². The van der Waals surface area contributed by atoms with Crippen molar-refractivity contribution in [3.05, 3.63) is 47.4 Å². The van der Waals surface area contributed by atoms with Gasteiger partial charge in [-0.25, -0.2) is 4.39 Å². The molecule has 1 heterocycles. The Morgan fingerprint density at radius 1 is 1.29 bits per heavy atom. The van der Waals surface area contributed by atoms with Gasteiger partial charge in [-0.15, -0.1) is 0 Å². The smallest absolute Gasteiger partial charge is 0.243 e. The zero-order valence-electron chi connectivity index (χ0n) is 13.0. The van der Waals surface area contributed by atoms with Gasteiger partial charge in [-0.3, -0.25) is 0 Å². The summed E-state index contributed by atoms with van der Waals surface area (Å²) in [5, 5.41) is 7.41. The Morgan fingerprint density at radius 2 is 1.95 bits per heavy atom. The number of hydrogen-bond acceptors (Lipinski definition) is 4. The standard InChI is InChI=1S/C16H22FN3O/c1-5-10-18-11(2)14-19-15(20-21-14)16(3,4)12-6-8-13(17)9-7-12/h6-9,11,18H,5,10H2,1-4H3. The lowest BCUT2D eigenvalue weighted by Gasteiger charge is -2.20. The maximum Gasteiger partial charge on any atom is 0.243 e. The van der Waals surface area contributed by atoms with Crippen LogP contribution >= 0.6 is 0 Å². The second kappa shape index (κ2) is 6.35. The van der Waals surface area contributed by atoms with Crippen molar-refractivity contribution in [2.24, 2.45) is 0 Å². The average molecular weight is 291 g/mol. The molecule has 4 nitrogen and oxygen atoms in total. The van der Waals surface area contributed by atoms with Crippen LogP contribution in [0, 0.1) is 5.82 Å². The van der Waals surface area contributed by atoms with Crippen molar-refractivity contribution >= 4 is 0 Å². The SMILES string of the molecule is CCCNC(C)c1nc(C(C)(C)c2ccc(F)cc2)no1. The molecule has 0 saturated carbocycles. The molecule has 1 unspecified atom stereocenters. The zero-order chi connectivity index (χ0) is 15.5. The number of hydrogen-bond donors (Lipinski definition) is 1. The summed E-state index contributed by atoms with van der Waals surface area (Å²) in [6.45, 7) is 9.01. The monoisotopic (exact) mass is 291 g/mol. The van der Waals surface area contributed by atoms with E-state index in [4.69, 9.17) is 4.52 Å². The molecule has 2 rings (SSSR count). The molecule has 0 bridgehead atoms. The maximum absolute atomic E-state index is 13.0. The average Bonchev–Trinajstić information content (AvgIpc) is 2.96. The normalized spacial score (nSPS) is 13.4. The van der Waals surface area contributed by atoms with Crippen molar-refractivity contribution in [2.75, 3.05) is 6.54 Å². The lowest BCUT2D eigenvalue weighted by Crippen LogP contribution is -2.22. The van der Waals surface area contributed by atoms with E-state index in [0.29, 0.717) is 11.7 Å². The molecule has 1 aromatic heterocycles. The van der Waals surface area contributed by atoms with Crippen molar-refractivity contribution in [2.45, 2.75) is 45.6 Å². The highest BCUT2D eigenvalue weighted by Crippen LogP contribution is 2.30. The van der Waals surface area contributed by atoms with Gasteiger partial charge >= 0.3 is 0 Å². The highest BCUT2D eigenvalue weighted by atomic mass is 19.1. The van der Waals surface area contributed by atoms with E-state index in [1.54, 1.807) is 12.1 Å². The van der Waals surface area contributed by atoms with E-state index in [2.05, 4.69) is 22.4 Å². The molecule has 5 heteroatoms. The molecule has 0 aliphatic carbocycles. The van der Waals surface area contributed by atoms with E-state index in [1.165, 1.54) is 12.1 Å². The second-order valence-electron chi connectivity index (χ2n) is 5.76. The first-order valence-electron chi connectivity index (χ1n) is 7.28. The zero-order valence-corrected chi connectivity index (χ0v) is 13.0. The first-order chi connectivity index (χ1) is 9.95. The Labute approximate surface area is 124 Å². The van der Waals surface area contributed by atoms with Gasteiger partial charge in [-0.05, 0) is 51.4 Å². The first kappa shape index (κ1) is 15.6. The molecule has 1 atom stereocenters. The summed E-state index contributed by atoms with van der Waals surface area (Å²) >= 11 is 0. The van der Waals surface area contributed by atoms with Crippen LogP contribution in [-0.2, 0) is 5.41 Å². The van der Waals surface area contributed by atoms with Crippen LogP contribution in [0.15, 0.2) is 28.8 Å². The summed E-state index contributed by atoms with van der Waals surface area (Å²) in [5.41, 5.74) is 0.519. The third kappa shape index (κ3) is 3.47. The van der Waals surface area contributed by atoms with Crippen LogP contribution in [0.2, 0.25) is 0 Å². The van der Waals surface area contributed by atoms with E-state index in [-0.39, 0.29) is 11.9 Å². The molecule has 21 heavy (non-hydrogen) atoms. The van der Waals surface area contributed by atoms with E-state index >= 15 is 0 Å². The third-order valence-electron chi connectivity index (χ3n) is 3.64. The Hall–Kier alpha value is -1.75. The van der Waals surface area contributed by atoms with Crippen LogP contribution in [0.4, 0.5) is 4.39 Å². The van der Waals surface area contributed by atoms with Gasteiger partial charge in [-0.2, -0.15) is 4.98 Å². The summed E-state index contributed by atoms with van der Waals surface area (Å²) in [6.07, 6.45) is 1.05. The minimum absolute atomic E-state index is 0.0233. The van der Waals surface area contributed by atoms with Crippen molar-refractivity contribution in [1.29, 1.82) is 0 Å². The molecule has 2 aromatic rings. The van der Waals surface area contributed by atoms with Gasteiger partial charge in [0.05, 0.1) is 11.5 Å². The Bertz CT molecular complexity index is 577. The van der Waals surface area contributed by atoms with Gasteiger partial charge in [0.1, 0.15) is 5.82 Å². The minimum atomic E-state index is -0.431. The molecule has 0 saturated heterocycles. The van der Waals surface area contributed by atoms with Gasteiger partial charge in [-0.1, -0.05) is 24.2 Å². The second-order valence-corrected chi connectivity index (χ2v) is 5.76. The topological polar surface area (TPSA) is 51.0 Å². The van der Waals surface area contributed by atoms with Crippen LogP contribution in [0.1, 0.15) is 57.4 Å². The summed E-state index contributed by atoms with van der Waals surface area (Å²) in [6, 6.07) is 6.43.